The van der Waals surface area contributed by atoms with Crippen LogP contribution >= 0.6 is 0 Å². The molecule has 2 bridgehead atoms. The quantitative estimate of drug-likeness (QED) is 0.722. The Morgan fingerprint density at radius 3 is 2.88 bits per heavy atom. The number of nitrogens with zero attached hydrogens (tertiary/aromatic N) is 5. The Labute approximate surface area is 148 Å². The second kappa shape index (κ2) is 5.92. The van der Waals surface area contributed by atoms with Gasteiger partial charge in [-0.3, -0.25) is 10.2 Å². The van der Waals surface area contributed by atoms with Gasteiger partial charge in [-0.1, -0.05) is 6.07 Å². The van der Waals surface area contributed by atoms with Gasteiger partial charge in [-0.25, -0.2) is 24.5 Å². The van der Waals surface area contributed by atoms with E-state index < -0.39 is 17.7 Å². The van der Waals surface area contributed by atoms with Crippen LogP contribution in [-0.4, -0.2) is 50.8 Å². The monoisotopic (exact) mass is 355 g/mol. The zero-order chi connectivity index (χ0) is 18.3. The lowest BCUT2D eigenvalue weighted by Crippen LogP contribution is -2.70. The van der Waals surface area contributed by atoms with Crippen molar-refractivity contribution in [3.05, 3.63) is 36.4 Å². The van der Waals surface area contributed by atoms with E-state index in [1.807, 2.05) is 4.90 Å². The molecule has 134 valence electrons. The zero-order valence-corrected chi connectivity index (χ0v) is 13.8. The second-order valence-corrected chi connectivity index (χ2v) is 6.32. The average Bonchev–Trinajstić information content (AvgIpc) is 2.61. The Bertz CT molecular complexity index is 875. The summed E-state index contributed by atoms with van der Waals surface area (Å²) >= 11 is 0. The summed E-state index contributed by atoms with van der Waals surface area (Å²) in [7, 11) is 0. The minimum absolute atomic E-state index is 0.194. The minimum Gasteiger partial charge on any atom is -0.475 e. The number of anilines is 3. The summed E-state index contributed by atoms with van der Waals surface area (Å²) in [6.07, 6.45) is 4.36. The van der Waals surface area contributed by atoms with Crippen molar-refractivity contribution < 1.29 is 14.7 Å². The number of carbonyl (C=O) groups excluding carboxylic acids is 1. The van der Waals surface area contributed by atoms with E-state index in [-0.39, 0.29) is 11.6 Å². The lowest BCUT2D eigenvalue weighted by atomic mass is 9.94. The maximum absolute atomic E-state index is 13.0. The molecule has 1 fully saturated rings. The third-order valence-corrected chi connectivity index (χ3v) is 4.54. The summed E-state index contributed by atoms with van der Waals surface area (Å²) in [6, 6.07) is 4.63. The van der Waals surface area contributed by atoms with Gasteiger partial charge in [0.25, 0.3) is 0 Å². The van der Waals surface area contributed by atoms with Crippen LogP contribution in [0.1, 0.15) is 23.5 Å². The summed E-state index contributed by atoms with van der Waals surface area (Å²) in [6.45, 7) is 1.17. The topological polar surface area (TPSA) is 138 Å². The van der Waals surface area contributed by atoms with E-state index in [2.05, 4.69) is 20.3 Å². The molecule has 0 spiro atoms. The van der Waals surface area contributed by atoms with E-state index in [0.29, 0.717) is 24.5 Å². The van der Waals surface area contributed by atoms with E-state index >= 15 is 0 Å². The molecule has 0 radical (unpaired) electrons. The van der Waals surface area contributed by atoms with Crippen molar-refractivity contribution >= 4 is 29.3 Å². The number of hydrogen-bond donors (Lipinski definition) is 3. The molecule has 2 aliphatic rings. The van der Waals surface area contributed by atoms with Crippen LogP contribution in [0.15, 0.2) is 30.6 Å². The van der Waals surface area contributed by atoms with Crippen molar-refractivity contribution in [3.8, 4) is 0 Å². The fourth-order valence-corrected chi connectivity index (χ4v) is 3.42. The van der Waals surface area contributed by atoms with Crippen LogP contribution in [0, 0.1) is 0 Å². The summed E-state index contributed by atoms with van der Waals surface area (Å²) in [5, 5.41) is 11.9. The zero-order valence-electron chi connectivity index (χ0n) is 13.8. The van der Waals surface area contributed by atoms with E-state index in [1.54, 1.807) is 24.4 Å². The highest BCUT2D eigenvalue weighted by molar-refractivity contribution is 6.04. The molecule has 10 heteroatoms. The van der Waals surface area contributed by atoms with Crippen molar-refractivity contribution in [1.29, 1.82) is 0 Å². The highest BCUT2D eigenvalue weighted by atomic mass is 16.4. The molecule has 0 aliphatic carbocycles. The van der Waals surface area contributed by atoms with Gasteiger partial charge in [0.1, 0.15) is 11.5 Å². The third-order valence-electron chi connectivity index (χ3n) is 4.54. The first-order valence-electron chi connectivity index (χ1n) is 8.14. The van der Waals surface area contributed by atoms with Crippen LogP contribution < -0.4 is 20.9 Å². The molecule has 2 amide bonds. The molecule has 4 rings (SSSR count). The fraction of sp³-hybridized carbons (Fsp3) is 0.312. The summed E-state index contributed by atoms with van der Waals surface area (Å²) < 4.78 is 0. The predicted molar refractivity (Wildman–Crippen MR) is 93.1 cm³/mol. The molecule has 2 aromatic rings. The normalized spacial score (nSPS) is 21.1. The van der Waals surface area contributed by atoms with Crippen LogP contribution in [0.3, 0.4) is 0 Å². The van der Waals surface area contributed by atoms with Crippen molar-refractivity contribution in [2.75, 3.05) is 28.2 Å². The molecule has 2 aliphatic heterocycles. The van der Waals surface area contributed by atoms with Crippen molar-refractivity contribution in [3.63, 3.8) is 0 Å². The first-order valence-corrected chi connectivity index (χ1v) is 8.14. The molecule has 0 saturated carbocycles. The highest BCUT2D eigenvalue weighted by Gasteiger charge is 2.47. The molecule has 4 N–H and O–H groups in total. The van der Waals surface area contributed by atoms with Gasteiger partial charge in [0.05, 0.1) is 18.4 Å². The van der Waals surface area contributed by atoms with Gasteiger partial charge in [-0.05, 0) is 25.0 Å². The van der Waals surface area contributed by atoms with Crippen LogP contribution in [-0.2, 0) is 0 Å². The van der Waals surface area contributed by atoms with Crippen LogP contribution in [0.25, 0.3) is 0 Å². The summed E-state index contributed by atoms with van der Waals surface area (Å²) in [5.41, 5.74) is 6.13. The van der Waals surface area contributed by atoms with E-state index in [1.165, 1.54) is 11.1 Å². The van der Waals surface area contributed by atoms with Crippen LogP contribution in [0.5, 0.6) is 0 Å². The van der Waals surface area contributed by atoms with Crippen molar-refractivity contribution in [2.45, 2.75) is 18.5 Å². The van der Waals surface area contributed by atoms with Gasteiger partial charge < -0.3 is 15.7 Å². The minimum atomic E-state index is -1.27. The molecule has 0 unspecified atom stereocenters. The lowest BCUT2D eigenvalue weighted by molar-refractivity contribution is 0.0683. The maximum atomic E-state index is 13.0. The largest absolute Gasteiger partial charge is 0.475 e. The van der Waals surface area contributed by atoms with Crippen molar-refractivity contribution in [2.24, 2.45) is 5.73 Å². The molecule has 2 aromatic heterocycles. The molecule has 1 atom stereocenters. The standard InChI is InChI=1S/C16H17N7O3/c17-16-5-3-7-22(9-16)10-8-19-12(14(24)25)21-13(10)23(16)15(26)20-11-4-1-2-6-18-11/h1-2,4,6,8H,3,5,7,9,17H2,(H,24,25)(H,18,20,26)/t16-/m0/s1. The fourth-order valence-electron chi connectivity index (χ4n) is 3.42. The van der Waals surface area contributed by atoms with E-state index in [0.717, 1.165) is 13.0 Å². The Morgan fingerprint density at radius 2 is 2.15 bits per heavy atom. The Balaban J connectivity index is 1.78. The van der Waals surface area contributed by atoms with Crippen LogP contribution in [0.2, 0.25) is 0 Å². The molecule has 0 aromatic carbocycles. The Hall–Kier alpha value is -3.27. The van der Waals surface area contributed by atoms with Crippen molar-refractivity contribution in [1.82, 2.24) is 15.0 Å². The number of rotatable bonds is 2. The number of piperidine rings is 1. The highest BCUT2D eigenvalue weighted by Crippen LogP contribution is 2.40. The number of hydrogen-bond acceptors (Lipinski definition) is 7. The number of carboxylic acid groups (broad SMARTS) is 1. The van der Waals surface area contributed by atoms with Gasteiger partial charge in [0.2, 0.25) is 5.82 Å². The summed E-state index contributed by atoms with van der Waals surface area (Å²) in [5.74, 6) is -1.09. The molecular weight excluding hydrogens is 338 g/mol. The number of aromatic nitrogens is 3. The number of carbonyl (C=O) groups is 2. The number of nitrogens with one attached hydrogen (secondary N) is 1. The number of nitrogens with two attached hydrogens (primary N) is 1. The van der Waals surface area contributed by atoms with Gasteiger partial charge in [-0.2, -0.15) is 0 Å². The first-order chi connectivity index (χ1) is 12.5. The average molecular weight is 355 g/mol. The number of pyridine rings is 1. The lowest BCUT2D eigenvalue weighted by Gasteiger charge is -2.51. The molecule has 26 heavy (non-hydrogen) atoms. The Morgan fingerprint density at radius 1 is 1.31 bits per heavy atom. The van der Waals surface area contributed by atoms with Gasteiger partial charge >= 0.3 is 12.0 Å². The van der Waals surface area contributed by atoms with Gasteiger partial charge in [0.15, 0.2) is 5.82 Å². The number of aromatic carboxylic acids is 1. The predicted octanol–water partition coefficient (Wildman–Crippen LogP) is 0.877. The van der Waals surface area contributed by atoms with Gasteiger partial charge in [0, 0.05) is 12.7 Å². The number of urea groups is 1. The number of carboxylic acids is 1. The smallest absolute Gasteiger partial charge is 0.374 e. The van der Waals surface area contributed by atoms with E-state index in [9.17, 15) is 14.7 Å². The molecule has 4 heterocycles. The molecular formula is C16H17N7O3. The van der Waals surface area contributed by atoms with Crippen LogP contribution in [0.4, 0.5) is 22.1 Å². The second-order valence-electron chi connectivity index (χ2n) is 6.32. The third kappa shape index (κ3) is 2.60. The SMILES string of the molecule is N[C@]12CCCN(C1)c1cnc(C(=O)O)nc1N2C(=O)Nc1ccccn1. The Kier molecular flexibility index (Phi) is 3.69. The first kappa shape index (κ1) is 16.2. The molecule has 1 saturated heterocycles. The number of fused-ring (bicyclic) bond motifs is 4. The molecule has 10 nitrogen and oxygen atoms in total. The maximum Gasteiger partial charge on any atom is 0.374 e. The van der Waals surface area contributed by atoms with Gasteiger partial charge in [-0.15, -0.1) is 0 Å². The van der Waals surface area contributed by atoms with E-state index in [4.69, 9.17) is 5.73 Å². The summed E-state index contributed by atoms with van der Waals surface area (Å²) in [4.78, 5) is 39.6. The number of amides is 2.